The molecule has 1 amide bonds. The highest BCUT2D eigenvalue weighted by Crippen LogP contribution is 2.24. The number of nitrogens with zero attached hydrogens (tertiary/aromatic N) is 3. The summed E-state index contributed by atoms with van der Waals surface area (Å²) in [7, 11) is 0. The highest BCUT2D eigenvalue weighted by atomic mass is 32.2. The molecule has 0 radical (unpaired) electrons. The molecule has 0 N–H and O–H groups in total. The van der Waals surface area contributed by atoms with Gasteiger partial charge in [0.1, 0.15) is 5.82 Å². The second-order valence-electron chi connectivity index (χ2n) is 6.70. The molecule has 1 aromatic heterocycles. The Morgan fingerprint density at radius 3 is 2.75 bits per heavy atom. The molecule has 0 aliphatic heterocycles. The van der Waals surface area contributed by atoms with E-state index in [1.54, 1.807) is 17.2 Å². The molecule has 0 bridgehead atoms. The van der Waals surface area contributed by atoms with Crippen LogP contribution in [0.4, 0.5) is 4.39 Å². The average Bonchev–Trinajstić information content (AvgIpc) is 3.12. The summed E-state index contributed by atoms with van der Waals surface area (Å²) in [5.41, 5.74) is 4.22. The lowest BCUT2D eigenvalue weighted by Crippen LogP contribution is -2.31. The van der Waals surface area contributed by atoms with Crippen LogP contribution in [0.1, 0.15) is 23.6 Å². The molecule has 3 rings (SSSR count). The van der Waals surface area contributed by atoms with E-state index in [1.165, 1.54) is 29.5 Å². The van der Waals surface area contributed by atoms with Crippen LogP contribution in [0, 0.1) is 19.7 Å². The fourth-order valence-electron chi connectivity index (χ4n) is 3.11. The minimum absolute atomic E-state index is 0.00643. The molecule has 28 heavy (non-hydrogen) atoms. The van der Waals surface area contributed by atoms with Crippen molar-refractivity contribution < 1.29 is 9.18 Å². The zero-order chi connectivity index (χ0) is 20.1. The number of thioether (sulfide) groups is 1. The van der Waals surface area contributed by atoms with Gasteiger partial charge >= 0.3 is 0 Å². The van der Waals surface area contributed by atoms with E-state index in [0.29, 0.717) is 13.1 Å². The van der Waals surface area contributed by atoms with Crippen molar-refractivity contribution in [1.29, 1.82) is 0 Å². The van der Waals surface area contributed by atoms with Gasteiger partial charge in [-0.05, 0) is 50.1 Å². The molecule has 3 aromatic rings. The van der Waals surface area contributed by atoms with E-state index in [9.17, 15) is 9.18 Å². The standard InChI is InChI=1S/C22H24FN3OS/c1-4-25(14-18-6-5-7-19(23)13-18)21(27)15-28-22-24-10-11-26(22)20-9-8-16(2)12-17(20)3/h5-13H,4,14-15H2,1-3H3. The second kappa shape index (κ2) is 9.06. The number of rotatable bonds is 7. The zero-order valence-electron chi connectivity index (χ0n) is 16.4. The first kappa shape index (κ1) is 20.1. The van der Waals surface area contributed by atoms with Crippen LogP contribution in [-0.2, 0) is 11.3 Å². The van der Waals surface area contributed by atoms with E-state index in [4.69, 9.17) is 0 Å². The molecule has 146 valence electrons. The monoisotopic (exact) mass is 397 g/mol. The van der Waals surface area contributed by atoms with Crippen molar-refractivity contribution in [3.63, 3.8) is 0 Å². The maximum atomic E-state index is 13.4. The van der Waals surface area contributed by atoms with Crippen LogP contribution >= 0.6 is 11.8 Å². The van der Waals surface area contributed by atoms with Gasteiger partial charge in [0.25, 0.3) is 0 Å². The van der Waals surface area contributed by atoms with Gasteiger partial charge in [-0.25, -0.2) is 9.37 Å². The van der Waals surface area contributed by atoms with Crippen LogP contribution in [0.25, 0.3) is 5.69 Å². The predicted molar refractivity (Wildman–Crippen MR) is 111 cm³/mol. The number of halogens is 1. The molecule has 0 atom stereocenters. The van der Waals surface area contributed by atoms with Crippen molar-refractivity contribution >= 4 is 17.7 Å². The van der Waals surface area contributed by atoms with Gasteiger partial charge in [-0.3, -0.25) is 9.36 Å². The van der Waals surface area contributed by atoms with Crippen LogP contribution in [0.2, 0.25) is 0 Å². The Bertz CT molecular complexity index is 970. The number of aromatic nitrogens is 2. The summed E-state index contributed by atoms with van der Waals surface area (Å²) in [5, 5.41) is 0.780. The normalized spacial score (nSPS) is 10.9. The summed E-state index contributed by atoms with van der Waals surface area (Å²) in [4.78, 5) is 18.8. The molecule has 4 nitrogen and oxygen atoms in total. The molecular formula is C22H24FN3OS. The summed E-state index contributed by atoms with van der Waals surface area (Å²) in [6.07, 6.45) is 3.66. The third kappa shape index (κ3) is 4.81. The molecule has 2 aromatic carbocycles. The molecule has 0 saturated carbocycles. The molecule has 0 unspecified atom stereocenters. The lowest BCUT2D eigenvalue weighted by Gasteiger charge is -2.21. The van der Waals surface area contributed by atoms with Crippen LogP contribution in [0.15, 0.2) is 60.0 Å². The van der Waals surface area contributed by atoms with Gasteiger partial charge in [-0.1, -0.05) is 41.6 Å². The minimum Gasteiger partial charge on any atom is -0.338 e. The first-order valence-electron chi connectivity index (χ1n) is 9.24. The SMILES string of the molecule is CCN(Cc1cccc(F)c1)C(=O)CSc1nccn1-c1ccc(C)cc1C. The third-order valence-electron chi connectivity index (χ3n) is 4.54. The van der Waals surface area contributed by atoms with Crippen molar-refractivity contribution in [3.8, 4) is 5.69 Å². The minimum atomic E-state index is -0.286. The topological polar surface area (TPSA) is 38.1 Å². The van der Waals surface area contributed by atoms with Crippen LogP contribution < -0.4 is 0 Å². The molecule has 6 heteroatoms. The van der Waals surface area contributed by atoms with Gasteiger partial charge in [0.2, 0.25) is 5.91 Å². The van der Waals surface area contributed by atoms with Crippen molar-refractivity contribution in [2.75, 3.05) is 12.3 Å². The number of hydrogen-bond acceptors (Lipinski definition) is 3. The molecular weight excluding hydrogens is 373 g/mol. The smallest absolute Gasteiger partial charge is 0.233 e. The Labute approximate surface area is 169 Å². The zero-order valence-corrected chi connectivity index (χ0v) is 17.2. The number of hydrogen-bond donors (Lipinski definition) is 0. The van der Waals surface area contributed by atoms with Gasteiger partial charge in [0.15, 0.2) is 5.16 Å². The van der Waals surface area contributed by atoms with E-state index in [1.807, 2.05) is 23.8 Å². The maximum Gasteiger partial charge on any atom is 0.233 e. The lowest BCUT2D eigenvalue weighted by atomic mass is 10.1. The summed E-state index contributed by atoms with van der Waals surface area (Å²) < 4.78 is 15.4. The molecule has 0 aliphatic carbocycles. The number of carbonyl (C=O) groups excluding carboxylic acids is 1. The van der Waals surface area contributed by atoms with E-state index < -0.39 is 0 Å². The highest BCUT2D eigenvalue weighted by molar-refractivity contribution is 7.99. The first-order valence-corrected chi connectivity index (χ1v) is 10.2. The van der Waals surface area contributed by atoms with E-state index in [2.05, 4.69) is 37.0 Å². The van der Waals surface area contributed by atoms with Gasteiger partial charge in [-0.15, -0.1) is 0 Å². The summed E-state index contributed by atoms with van der Waals surface area (Å²) >= 11 is 1.41. The average molecular weight is 398 g/mol. The molecule has 0 saturated heterocycles. The largest absolute Gasteiger partial charge is 0.338 e. The Balaban J connectivity index is 1.68. The van der Waals surface area contributed by atoms with Crippen molar-refractivity contribution in [1.82, 2.24) is 14.5 Å². The van der Waals surface area contributed by atoms with Crippen LogP contribution in [-0.4, -0.2) is 32.7 Å². The molecule has 1 heterocycles. The fourth-order valence-corrected chi connectivity index (χ4v) is 3.97. The summed E-state index contributed by atoms with van der Waals surface area (Å²) in [6, 6.07) is 12.6. The van der Waals surface area contributed by atoms with E-state index >= 15 is 0 Å². The molecule has 0 aliphatic rings. The Kier molecular flexibility index (Phi) is 6.52. The first-order chi connectivity index (χ1) is 13.5. The van der Waals surface area contributed by atoms with E-state index in [0.717, 1.165) is 22.0 Å². The van der Waals surface area contributed by atoms with Crippen LogP contribution in [0.5, 0.6) is 0 Å². The van der Waals surface area contributed by atoms with Crippen molar-refractivity contribution in [2.45, 2.75) is 32.5 Å². The quantitative estimate of drug-likeness (QED) is 0.539. The van der Waals surface area contributed by atoms with Crippen LogP contribution in [0.3, 0.4) is 0 Å². The number of benzene rings is 2. The number of aryl methyl sites for hydroxylation is 2. The Hall–Kier alpha value is -2.60. The summed E-state index contributed by atoms with van der Waals surface area (Å²) in [5.74, 6) is 0.00301. The second-order valence-corrected chi connectivity index (χ2v) is 7.64. The number of amides is 1. The maximum absolute atomic E-state index is 13.4. The predicted octanol–water partition coefficient (Wildman–Crippen LogP) is 4.77. The third-order valence-corrected chi connectivity index (χ3v) is 5.49. The van der Waals surface area contributed by atoms with Crippen molar-refractivity contribution in [2.24, 2.45) is 0 Å². The van der Waals surface area contributed by atoms with Gasteiger partial charge in [0.05, 0.1) is 11.4 Å². The lowest BCUT2D eigenvalue weighted by molar-refractivity contribution is -0.128. The van der Waals surface area contributed by atoms with Gasteiger partial charge in [-0.2, -0.15) is 0 Å². The number of imidazole rings is 1. The van der Waals surface area contributed by atoms with Gasteiger partial charge in [0, 0.05) is 25.5 Å². The van der Waals surface area contributed by atoms with Crippen molar-refractivity contribution in [3.05, 3.63) is 77.4 Å². The summed E-state index contributed by atoms with van der Waals surface area (Å²) in [6.45, 7) is 7.04. The molecule has 0 spiro atoms. The highest BCUT2D eigenvalue weighted by Gasteiger charge is 2.15. The van der Waals surface area contributed by atoms with Gasteiger partial charge < -0.3 is 4.90 Å². The Morgan fingerprint density at radius 2 is 2.04 bits per heavy atom. The fraction of sp³-hybridized carbons (Fsp3) is 0.273. The number of carbonyl (C=O) groups is 1. The Morgan fingerprint density at radius 1 is 1.21 bits per heavy atom. The molecule has 0 fully saturated rings. The van der Waals surface area contributed by atoms with E-state index in [-0.39, 0.29) is 17.5 Å².